The molecule has 1 atom stereocenters. The van der Waals surface area contributed by atoms with Gasteiger partial charge in [0.1, 0.15) is 0 Å². The van der Waals surface area contributed by atoms with E-state index < -0.39 is 0 Å². The van der Waals surface area contributed by atoms with Crippen molar-refractivity contribution in [2.24, 2.45) is 0 Å². The van der Waals surface area contributed by atoms with Crippen LogP contribution in [0.2, 0.25) is 0 Å². The van der Waals surface area contributed by atoms with Crippen molar-refractivity contribution in [1.29, 1.82) is 0 Å². The highest BCUT2D eigenvalue weighted by Crippen LogP contribution is 2.36. The van der Waals surface area contributed by atoms with Crippen LogP contribution in [0.5, 0.6) is 0 Å². The van der Waals surface area contributed by atoms with Gasteiger partial charge >= 0.3 is 0 Å². The average molecular weight is 270 g/mol. The number of nitrogens with zero attached hydrogens (tertiary/aromatic N) is 3. The zero-order valence-electron chi connectivity index (χ0n) is 10.9. The maximum Gasteiger partial charge on any atom is 0.0964 e. The second-order valence-electron chi connectivity index (χ2n) is 5.06. The van der Waals surface area contributed by atoms with Gasteiger partial charge in [-0.15, -0.1) is 5.10 Å². The molecule has 1 unspecified atom stereocenters. The number of hydrogen-bond donors (Lipinski definition) is 2. The number of rotatable bonds is 7. The normalized spacial score (nSPS) is 23.7. The molecule has 5 nitrogen and oxygen atoms in total. The third-order valence-electron chi connectivity index (χ3n) is 3.24. The van der Waals surface area contributed by atoms with Gasteiger partial charge in [0.2, 0.25) is 0 Å². The van der Waals surface area contributed by atoms with Crippen LogP contribution in [0.4, 0.5) is 0 Å². The number of aromatic nitrogens is 3. The van der Waals surface area contributed by atoms with Crippen LogP contribution in [0.1, 0.15) is 31.9 Å². The molecule has 0 aliphatic carbocycles. The van der Waals surface area contributed by atoms with Crippen LogP contribution in [0, 0.1) is 0 Å². The summed E-state index contributed by atoms with van der Waals surface area (Å²) >= 11 is 2.06. The maximum absolute atomic E-state index is 8.75. The first-order valence-electron chi connectivity index (χ1n) is 6.56. The summed E-state index contributed by atoms with van der Waals surface area (Å²) in [4.78, 5) is 0. The van der Waals surface area contributed by atoms with Gasteiger partial charge in [-0.25, -0.2) is 0 Å². The molecule has 1 aliphatic rings. The molecular formula is C12H22N4OS. The standard InChI is InChI=1S/C12H22N4OS/c1-12(4-2-7-18-12)10-13-8-11-9-16(15-14-11)5-3-6-17/h9,13,17H,2-8,10H2,1H3. The molecular weight excluding hydrogens is 248 g/mol. The van der Waals surface area contributed by atoms with Gasteiger partial charge in [0, 0.05) is 37.2 Å². The number of hydrogen-bond acceptors (Lipinski definition) is 5. The Labute approximate surface area is 112 Å². The second kappa shape index (κ2) is 6.54. The Morgan fingerprint density at radius 2 is 2.50 bits per heavy atom. The van der Waals surface area contributed by atoms with Crippen LogP contribution in [-0.2, 0) is 13.1 Å². The van der Waals surface area contributed by atoms with Crippen molar-refractivity contribution in [1.82, 2.24) is 20.3 Å². The summed E-state index contributed by atoms with van der Waals surface area (Å²) < 4.78 is 2.19. The Hall–Kier alpha value is -0.590. The van der Waals surface area contributed by atoms with Gasteiger partial charge in [-0.3, -0.25) is 4.68 Å². The molecule has 0 saturated carbocycles. The molecule has 2 N–H and O–H groups in total. The highest BCUT2D eigenvalue weighted by molar-refractivity contribution is 8.00. The first-order valence-corrected chi connectivity index (χ1v) is 7.55. The minimum absolute atomic E-state index is 0.197. The van der Waals surface area contributed by atoms with Gasteiger partial charge < -0.3 is 10.4 Å². The van der Waals surface area contributed by atoms with Crippen molar-refractivity contribution in [3.05, 3.63) is 11.9 Å². The monoisotopic (exact) mass is 270 g/mol. The van der Waals surface area contributed by atoms with Gasteiger partial charge in [0.25, 0.3) is 0 Å². The van der Waals surface area contributed by atoms with E-state index in [9.17, 15) is 0 Å². The van der Waals surface area contributed by atoms with Crippen LogP contribution in [0.3, 0.4) is 0 Å². The second-order valence-corrected chi connectivity index (χ2v) is 6.74. The summed E-state index contributed by atoms with van der Waals surface area (Å²) in [5, 5.41) is 20.4. The van der Waals surface area contributed by atoms with E-state index in [1.54, 1.807) is 4.68 Å². The third kappa shape index (κ3) is 3.96. The van der Waals surface area contributed by atoms with Crippen molar-refractivity contribution in [3.8, 4) is 0 Å². The van der Waals surface area contributed by atoms with Crippen molar-refractivity contribution in [2.75, 3.05) is 18.9 Å². The highest BCUT2D eigenvalue weighted by atomic mass is 32.2. The largest absolute Gasteiger partial charge is 0.396 e. The fourth-order valence-corrected chi connectivity index (χ4v) is 3.47. The third-order valence-corrected chi connectivity index (χ3v) is 4.78. The molecule has 0 amide bonds. The minimum Gasteiger partial charge on any atom is -0.396 e. The van der Waals surface area contributed by atoms with Gasteiger partial charge in [0.05, 0.1) is 5.69 Å². The topological polar surface area (TPSA) is 63.0 Å². The van der Waals surface area contributed by atoms with Gasteiger partial charge in [0.15, 0.2) is 0 Å². The fraction of sp³-hybridized carbons (Fsp3) is 0.833. The zero-order chi connectivity index (χ0) is 12.8. The first-order chi connectivity index (χ1) is 8.72. The molecule has 2 rings (SSSR count). The fourth-order valence-electron chi connectivity index (χ4n) is 2.19. The Morgan fingerprint density at radius 1 is 1.61 bits per heavy atom. The molecule has 1 aromatic heterocycles. The molecule has 1 saturated heterocycles. The minimum atomic E-state index is 0.197. The molecule has 18 heavy (non-hydrogen) atoms. The van der Waals surface area contributed by atoms with Crippen molar-refractivity contribution < 1.29 is 5.11 Å². The zero-order valence-corrected chi connectivity index (χ0v) is 11.7. The number of aliphatic hydroxyl groups is 1. The van der Waals surface area contributed by atoms with Crippen LogP contribution in [0.25, 0.3) is 0 Å². The lowest BCUT2D eigenvalue weighted by Crippen LogP contribution is -2.32. The maximum atomic E-state index is 8.75. The number of aryl methyl sites for hydroxylation is 1. The first kappa shape index (κ1) is 13.8. The molecule has 1 fully saturated rings. The summed E-state index contributed by atoms with van der Waals surface area (Å²) in [5.74, 6) is 1.29. The van der Waals surface area contributed by atoms with E-state index in [0.29, 0.717) is 4.75 Å². The number of nitrogens with one attached hydrogen (secondary N) is 1. The summed E-state index contributed by atoms with van der Waals surface area (Å²) in [6.45, 7) is 5.06. The van der Waals surface area contributed by atoms with Crippen molar-refractivity contribution in [2.45, 2.75) is 44.0 Å². The summed E-state index contributed by atoms with van der Waals surface area (Å²) in [7, 11) is 0. The molecule has 6 heteroatoms. The highest BCUT2D eigenvalue weighted by Gasteiger charge is 2.28. The lowest BCUT2D eigenvalue weighted by Gasteiger charge is -2.22. The van der Waals surface area contributed by atoms with E-state index in [2.05, 4.69) is 34.3 Å². The van der Waals surface area contributed by atoms with Crippen LogP contribution < -0.4 is 5.32 Å². The smallest absolute Gasteiger partial charge is 0.0964 e. The predicted molar refractivity (Wildman–Crippen MR) is 73.5 cm³/mol. The molecule has 1 aliphatic heterocycles. The molecule has 1 aromatic rings. The summed E-state index contributed by atoms with van der Waals surface area (Å²) in [6, 6.07) is 0. The number of aliphatic hydroxyl groups excluding tert-OH is 1. The van der Waals surface area contributed by atoms with Crippen LogP contribution in [0.15, 0.2) is 6.20 Å². The number of thioether (sulfide) groups is 1. The molecule has 102 valence electrons. The van der Waals surface area contributed by atoms with E-state index in [-0.39, 0.29) is 6.61 Å². The molecule has 0 spiro atoms. The van der Waals surface area contributed by atoms with Crippen molar-refractivity contribution in [3.63, 3.8) is 0 Å². The van der Waals surface area contributed by atoms with E-state index in [0.717, 1.165) is 31.7 Å². The van der Waals surface area contributed by atoms with E-state index in [4.69, 9.17) is 5.11 Å². The molecule has 0 radical (unpaired) electrons. The van der Waals surface area contributed by atoms with Crippen LogP contribution >= 0.6 is 11.8 Å². The van der Waals surface area contributed by atoms with E-state index in [1.165, 1.54) is 18.6 Å². The molecule has 0 aromatic carbocycles. The van der Waals surface area contributed by atoms with Gasteiger partial charge in [-0.1, -0.05) is 5.21 Å². The van der Waals surface area contributed by atoms with E-state index >= 15 is 0 Å². The molecule has 2 heterocycles. The summed E-state index contributed by atoms with van der Waals surface area (Å²) in [6.07, 6.45) is 5.31. The van der Waals surface area contributed by atoms with Gasteiger partial charge in [-0.2, -0.15) is 11.8 Å². The lowest BCUT2D eigenvalue weighted by atomic mass is 10.1. The Kier molecular flexibility index (Phi) is 5.03. The predicted octanol–water partition coefficient (Wildman–Crippen LogP) is 1.04. The Bertz CT molecular complexity index is 363. The Balaban J connectivity index is 1.71. The summed E-state index contributed by atoms with van der Waals surface area (Å²) in [5.41, 5.74) is 0.972. The van der Waals surface area contributed by atoms with E-state index in [1.807, 2.05) is 6.20 Å². The lowest BCUT2D eigenvalue weighted by molar-refractivity contribution is 0.276. The van der Waals surface area contributed by atoms with Crippen molar-refractivity contribution >= 4 is 11.8 Å². The Morgan fingerprint density at radius 3 is 3.22 bits per heavy atom. The van der Waals surface area contributed by atoms with Crippen LogP contribution in [-0.4, -0.2) is 43.8 Å². The SMILES string of the molecule is CC1(CNCc2cn(CCCO)nn2)CCCS1. The van der Waals surface area contributed by atoms with Gasteiger partial charge in [-0.05, 0) is 31.9 Å². The average Bonchev–Trinajstić information content (AvgIpc) is 2.97. The molecule has 0 bridgehead atoms. The quantitative estimate of drug-likeness (QED) is 0.775.